The number of hydrogen-bond donors (Lipinski definition) is 0. The predicted octanol–water partition coefficient (Wildman–Crippen LogP) is 3.28. The fraction of sp³-hybridized carbons (Fsp3) is 0.375. The zero-order valence-electron chi connectivity index (χ0n) is 11.0. The molecule has 0 bridgehead atoms. The van der Waals surface area contributed by atoms with E-state index in [1.54, 1.807) is 6.07 Å². The molecule has 0 fully saturated rings. The van der Waals surface area contributed by atoms with Crippen LogP contribution in [-0.4, -0.2) is 11.6 Å². The first kappa shape index (κ1) is 12.3. The zero-order chi connectivity index (χ0) is 13.8. The van der Waals surface area contributed by atoms with Gasteiger partial charge in [-0.2, -0.15) is 0 Å². The number of benzene rings is 1. The highest BCUT2D eigenvalue weighted by atomic mass is 19.1. The Hall–Kier alpha value is -1.77. The van der Waals surface area contributed by atoms with Gasteiger partial charge in [0.15, 0.2) is 0 Å². The second-order valence-corrected chi connectivity index (χ2v) is 6.15. The van der Waals surface area contributed by atoms with Gasteiger partial charge in [-0.05, 0) is 35.8 Å². The molecule has 0 aliphatic heterocycles. The third-order valence-corrected chi connectivity index (χ3v) is 4.10. The number of carbonyl (C=O) groups is 2. The van der Waals surface area contributed by atoms with Crippen molar-refractivity contribution in [3.05, 3.63) is 40.5 Å². The lowest BCUT2D eigenvalue weighted by Crippen LogP contribution is -2.28. The van der Waals surface area contributed by atoms with Crippen molar-refractivity contribution in [3.63, 3.8) is 0 Å². The number of allylic oxidation sites excluding steroid dienone is 1. The third-order valence-electron chi connectivity index (χ3n) is 4.10. The molecule has 2 aliphatic carbocycles. The van der Waals surface area contributed by atoms with E-state index in [1.165, 1.54) is 0 Å². The highest BCUT2D eigenvalue weighted by molar-refractivity contribution is 6.50. The summed E-state index contributed by atoms with van der Waals surface area (Å²) in [5.41, 5.74) is 2.61. The molecule has 1 aromatic carbocycles. The van der Waals surface area contributed by atoms with E-state index in [9.17, 15) is 14.0 Å². The van der Waals surface area contributed by atoms with Crippen LogP contribution in [0.5, 0.6) is 0 Å². The number of Topliss-reactive ketones (excluding diaryl/α,β-unsaturated/α-hetero) is 1. The van der Waals surface area contributed by atoms with Crippen molar-refractivity contribution in [2.75, 3.05) is 0 Å². The smallest absolute Gasteiger partial charge is 0.233 e. The van der Waals surface area contributed by atoms with Crippen LogP contribution >= 0.6 is 0 Å². The first-order valence-corrected chi connectivity index (χ1v) is 6.50. The molecule has 0 heterocycles. The van der Waals surface area contributed by atoms with Crippen LogP contribution in [-0.2, 0) is 17.6 Å². The minimum absolute atomic E-state index is 0.0864. The molecule has 0 spiro atoms. The molecular formula is C16H15FO2. The SMILES string of the molecule is CC1(C)CCc2ccc3c(c2C1)C(=O)C(=O)C=C3F. The number of fused-ring (bicyclic) bond motifs is 3. The van der Waals surface area contributed by atoms with E-state index < -0.39 is 17.4 Å². The Morgan fingerprint density at radius 3 is 2.68 bits per heavy atom. The second kappa shape index (κ2) is 3.86. The Morgan fingerprint density at radius 1 is 1.21 bits per heavy atom. The van der Waals surface area contributed by atoms with Gasteiger partial charge < -0.3 is 0 Å². The van der Waals surface area contributed by atoms with Crippen molar-refractivity contribution in [2.45, 2.75) is 33.1 Å². The molecule has 0 unspecified atom stereocenters. The Kier molecular flexibility index (Phi) is 2.49. The van der Waals surface area contributed by atoms with E-state index in [4.69, 9.17) is 0 Å². The van der Waals surface area contributed by atoms with Crippen molar-refractivity contribution in [1.82, 2.24) is 0 Å². The molecule has 0 N–H and O–H groups in total. The fourth-order valence-electron chi connectivity index (χ4n) is 3.01. The summed E-state index contributed by atoms with van der Waals surface area (Å²) in [5.74, 6) is -1.90. The lowest BCUT2D eigenvalue weighted by molar-refractivity contribution is -0.111. The van der Waals surface area contributed by atoms with Gasteiger partial charge in [0.05, 0.1) is 0 Å². The van der Waals surface area contributed by atoms with Gasteiger partial charge >= 0.3 is 0 Å². The van der Waals surface area contributed by atoms with Crippen LogP contribution in [0.1, 0.15) is 47.3 Å². The van der Waals surface area contributed by atoms with Gasteiger partial charge in [-0.3, -0.25) is 9.59 Å². The van der Waals surface area contributed by atoms with Crippen LogP contribution in [0, 0.1) is 5.41 Å². The Labute approximate surface area is 111 Å². The number of rotatable bonds is 0. The summed E-state index contributed by atoms with van der Waals surface area (Å²) in [6, 6.07) is 3.52. The van der Waals surface area contributed by atoms with Gasteiger partial charge in [0, 0.05) is 17.2 Å². The van der Waals surface area contributed by atoms with E-state index in [0.717, 1.165) is 36.5 Å². The average Bonchev–Trinajstić information content (AvgIpc) is 2.34. The summed E-state index contributed by atoms with van der Waals surface area (Å²) < 4.78 is 13.9. The van der Waals surface area contributed by atoms with Crippen molar-refractivity contribution in [3.8, 4) is 0 Å². The number of halogens is 1. The van der Waals surface area contributed by atoms with Crippen LogP contribution in [0.2, 0.25) is 0 Å². The zero-order valence-corrected chi connectivity index (χ0v) is 11.0. The lowest BCUT2D eigenvalue weighted by atomic mass is 9.71. The van der Waals surface area contributed by atoms with Gasteiger partial charge in [0.25, 0.3) is 0 Å². The maximum absolute atomic E-state index is 13.9. The molecule has 98 valence electrons. The number of aryl methyl sites for hydroxylation is 1. The van der Waals surface area contributed by atoms with Crippen molar-refractivity contribution in [2.24, 2.45) is 5.41 Å². The van der Waals surface area contributed by atoms with E-state index >= 15 is 0 Å². The van der Waals surface area contributed by atoms with Gasteiger partial charge in [-0.25, -0.2) is 4.39 Å². The van der Waals surface area contributed by atoms with Crippen molar-refractivity contribution >= 4 is 17.4 Å². The first-order valence-electron chi connectivity index (χ1n) is 6.50. The van der Waals surface area contributed by atoms with Crippen LogP contribution in [0.3, 0.4) is 0 Å². The quantitative estimate of drug-likeness (QED) is 0.669. The van der Waals surface area contributed by atoms with Gasteiger partial charge in [0.1, 0.15) is 5.83 Å². The minimum Gasteiger partial charge on any atom is -0.285 e. The number of carbonyl (C=O) groups excluding carboxylic acids is 2. The molecule has 0 saturated carbocycles. The van der Waals surface area contributed by atoms with E-state index in [2.05, 4.69) is 13.8 Å². The number of ketones is 2. The van der Waals surface area contributed by atoms with Crippen LogP contribution in [0.15, 0.2) is 18.2 Å². The normalized spacial score (nSPS) is 20.7. The topological polar surface area (TPSA) is 34.1 Å². The lowest BCUT2D eigenvalue weighted by Gasteiger charge is -2.33. The Balaban J connectivity index is 2.26. The molecule has 0 radical (unpaired) electrons. The molecule has 3 rings (SSSR count). The van der Waals surface area contributed by atoms with Crippen LogP contribution in [0.25, 0.3) is 5.83 Å². The average molecular weight is 258 g/mol. The molecular weight excluding hydrogens is 243 g/mol. The Morgan fingerprint density at radius 2 is 1.95 bits per heavy atom. The first-order chi connectivity index (χ1) is 8.89. The summed E-state index contributed by atoms with van der Waals surface area (Å²) >= 11 is 0. The van der Waals surface area contributed by atoms with Crippen LogP contribution < -0.4 is 0 Å². The summed E-state index contributed by atoms with van der Waals surface area (Å²) in [4.78, 5) is 23.6. The van der Waals surface area contributed by atoms with Crippen molar-refractivity contribution < 1.29 is 14.0 Å². The molecule has 3 heteroatoms. The Bertz CT molecular complexity index is 638. The largest absolute Gasteiger partial charge is 0.285 e. The summed E-state index contributed by atoms with van der Waals surface area (Å²) in [5, 5.41) is 0. The van der Waals surface area contributed by atoms with Crippen LogP contribution in [0.4, 0.5) is 4.39 Å². The molecule has 1 aromatic rings. The molecule has 2 aliphatic rings. The third kappa shape index (κ3) is 1.84. The van der Waals surface area contributed by atoms with E-state index in [1.807, 2.05) is 6.07 Å². The highest BCUT2D eigenvalue weighted by Gasteiger charge is 2.34. The summed E-state index contributed by atoms with van der Waals surface area (Å²) in [6.45, 7) is 4.27. The van der Waals surface area contributed by atoms with Gasteiger partial charge in [0.2, 0.25) is 11.6 Å². The number of hydrogen-bond acceptors (Lipinski definition) is 2. The standard InChI is InChI=1S/C16H15FO2/c1-16(2)6-5-9-3-4-10-12(17)7-13(18)15(19)14(10)11(9)8-16/h3-4,7H,5-6,8H2,1-2H3. The maximum Gasteiger partial charge on any atom is 0.233 e. The minimum atomic E-state index is -0.748. The van der Waals surface area contributed by atoms with Gasteiger partial charge in [-0.15, -0.1) is 0 Å². The van der Waals surface area contributed by atoms with E-state index in [-0.39, 0.29) is 11.0 Å². The maximum atomic E-state index is 13.9. The van der Waals surface area contributed by atoms with Gasteiger partial charge in [-0.1, -0.05) is 26.0 Å². The highest BCUT2D eigenvalue weighted by Crippen LogP contribution is 2.40. The monoisotopic (exact) mass is 258 g/mol. The predicted molar refractivity (Wildman–Crippen MR) is 70.7 cm³/mol. The van der Waals surface area contributed by atoms with Crippen molar-refractivity contribution in [1.29, 1.82) is 0 Å². The fourth-order valence-corrected chi connectivity index (χ4v) is 3.01. The second-order valence-electron chi connectivity index (χ2n) is 6.15. The molecule has 0 amide bonds. The molecule has 0 aromatic heterocycles. The molecule has 2 nitrogen and oxygen atoms in total. The molecule has 0 saturated heterocycles. The molecule has 0 atom stereocenters. The van der Waals surface area contributed by atoms with E-state index in [0.29, 0.717) is 5.56 Å². The summed E-state index contributed by atoms with van der Waals surface area (Å²) in [6.07, 6.45) is 3.44. The molecule has 19 heavy (non-hydrogen) atoms. The summed E-state index contributed by atoms with van der Waals surface area (Å²) in [7, 11) is 0.